The molecule has 2 aromatic carbocycles. The van der Waals surface area contributed by atoms with Gasteiger partial charge in [-0.25, -0.2) is 4.99 Å². The summed E-state index contributed by atoms with van der Waals surface area (Å²) in [5.41, 5.74) is 3.69. The number of H-pyrrole nitrogens is 1. The molecule has 0 saturated heterocycles. The lowest BCUT2D eigenvalue weighted by atomic mass is 10.0. The molecule has 3 aromatic rings. The predicted octanol–water partition coefficient (Wildman–Crippen LogP) is 4.59. The van der Waals surface area contributed by atoms with Gasteiger partial charge in [-0.1, -0.05) is 24.3 Å². The smallest absolute Gasteiger partial charge is 0.280 e. The summed E-state index contributed by atoms with van der Waals surface area (Å²) in [4.78, 5) is 19.6. The molecule has 1 aromatic heterocycles. The number of hydrogen-bond donors (Lipinski definition) is 2. The maximum atomic E-state index is 12.5. The van der Waals surface area contributed by atoms with Crippen LogP contribution in [0.3, 0.4) is 0 Å². The largest absolute Gasteiger partial charge is 0.494 e. The predicted molar refractivity (Wildman–Crippen MR) is 110 cm³/mol. The number of nitrogens with one attached hydrogen (secondary N) is 1. The number of rotatable bonds is 2. The van der Waals surface area contributed by atoms with Crippen molar-refractivity contribution in [2.75, 3.05) is 0 Å². The maximum Gasteiger partial charge on any atom is 0.280 e. The highest BCUT2D eigenvalue weighted by Crippen LogP contribution is 2.38. The third-order valence-electron chi connectivity index (χ3n) is 3.89. The molecule has 2 heterocycles. The van der Waals surface area contributed by atoms with Gasteiger partial charge in [0.2, 0.25) is 0 Å². The van der Waals surface area contributed by atoms with Crippen LogP contribution in [-0.4, -0.2) is 21.7 Å². The second-order valence-corrected chi connectivity index (χ2v) is 7.87. The van der Waals surface area contributed by atoms with Crippen LogP contribution in [0.15, 0.2) is 53.5 Å². The van der Waals surface area contributed by atoms with Crippen molar-refractivity contribution in [2.24, 2.45) is 4.99 Å². The van der Waals surface area contributed by atoms with Crippen LogP contribution < -0.4 is 0 Å². The standard InChI is InChI=1S/C18H10I2N2O2/c19-11-5-1-9(2-6-11)15-13-14(18(24)21-15)16(22-17(13)23)10-3-7-12(20)8-4-10/h1-8,21,24H. The summed E-state index contributed by atoms with van der Waals surface area (Å²) in [6.45, 7) is 0. The first-order chi connectivity index (χ1) is 11.5. The molecule has 0 unspecified atom stereocenters. The molecule has 0 atom stereocenters. The summed E-state index contributed by atoms with van der Waals surface area (Å²) in [7, 11) is 0. The van der Waals surface area contributed by atoms with Crippen LogP contribution in [0, 0.1) is 7.14 Å². The molecule has 0 radical (unpaired) electrons. The van der Waals surface area contributed by atoms with E-state index in [9.17, 15) is 9.90 Å². The molecule has 4 nitrogen and oxygen atoms in total. The third kappa shape index (κ3) is 2.57. The van der Waals surface area contributed by atoms with Crippen LogP contribution in [0.4, 0.5) is 0 Å². The average molecular weight is 540 g/mol. The van der Waals surface area contributed by atoms with E-state index in [1.165, 1.54) is 0 Å². The summed E-state index contributed by atoms with van der Waals surface area (Å²) >= 11 is 4.45. The minimum atomic E-state index is -0.330. The number of amides is 1. The van der Waals surface area contributed by atoms with Gasteiger partial charge in [0.05, 0.1) is 22.5 Å². The second-order valence-electron chi connectivity index (χ2n) is 5.38. The molecule has 2 N–H and O–H groups in total. The van der Waals surface area contributed by atoms with Gasteiger partial charge in [-0.05, 0) is 75.0 Å². The fourth-order valence-corrected chi connectivity index (χ4v) is 3.51. The molecule has 1 aliphatic heterocycles. The Bertz CT molecular complexity index is 987. The second kappa shape index (κ2) is 5.99. The van der Waals surface area contributed by atoms with E-state index in [1.54, 1.807) is 0 Å². The number of aromatic amines is 1. The van der Waals surface area contributed by atoms with Crippen LogP contribution in [-0.2, 0) is 0 Å². The van der Waals surface area contributed by atoms with E-state index in [0.29, 0.717) is 22.5 Å². The Labute approximate surface area is 165 Å². The van der Waals surface area contributed by atoms with Crippen molar-refractivity contribution in [2.45, 2.75) is 0 Å². The van der Waals surface area contributed by atoms with Crippen LogP contribution in [0.1, 0.15) is 21.5 Å². The van der Waals surface area contributed by atoms with Gasteiger partial charge in [-0.2, -0.15) is 0 Å². The molecule has 4 rings (SSSR count). The van der Waals surface area contributed by atoms with Gasteiger partial charge < -0.3 is 10.1 Å². The lowest BCUT2D eigenvalue weighted by molar-refractivity contribution is 0.101. The van der Waals surface area contributed by atoms with E-state index in [0.717, 1.165) is 18.3 Å². The molecule has 1 amide bonds. The summed E-state index contributed by atoms with van der Waals surface area (Å²) in [6, 6.07) is 15.5. The minimum absolute atomic E-state index is 0.0262. The molecule has 24 heavy (non-hydrogen) atoms. The fraction of sp³-hybridized carbons (Fsp3) is 0. The number of halogens is 2. The molecule has 0 bridgehead atoms. The van der Waals surface area contributed by atoms with Crippen LogP contribution in [0.2, 0.25) is 0 Å². The molecule has 1 aliphatic rings. The number of carbonyl (C=O) groups is 1. The summed E-state index contributed by atoms with van der Waals surface area (Å²) in [5.74, 6) is -0.356. The van der Waals surface area contributed by atoms with Crippen molar-refractivity contribution in [3.63, 3.8) is 0 Å². The maximum absolute atomic E-state index is 12.5. The summed E-state index contributed by atoms with van der Waals surface area (Å²) < 4.78 is 2.20. The topological polar surface area (TPSA) is 65.4 Å². The molecule has 0 aliphatic carbocycles. The summed E-state index contributed by atoms with van der Waals surface area (Å²) in [6.07, 6.45) is 0. The minimum Gasteiger partial charge on any atom is -0.494 e. The number of aromatic nitrogens is 1. The lowest BCUT2D eigenvalue weighted by Crippen LogP contribution is -1.99. The Hall–Kier alpha value is -1.68. The molecule has 118 valence electrons. The van der Waals surface area contributed by atoms with Crippen molar-refractivity contribution in [3.05, 3.63) is 72.4 Å². The SMILES string of the molecule is O=C1N=C(c2ccc(I)cc2)c2c(O)[nH]c(-c3ccc(I)cc3)c21. The number of nitrogens with zero attached hydrogens (tertiary/aromatic N) is 1. The van der Waals surface area contributed by atoms with Crippen molar-refractivity contribution < 1.29 is 9.90 Å². The zero-order chi connectivity index (χ0) is 16.8. The van der Waals surface area contributed by atoms with E-state index < -0.39 is 0 Å². The van der Waals surface area contributed by atoms with Gasteiger partial charge >= 0.3 is 0 Å². The highest BCUT2D eigenvalue weighted by Gasteiger charge is 2.33. The number of aromatic hydroxyl groups is 1. The van der Waals surface area contributed by atoms with Crippen molar-refractivity contribution >= 4 is 56.8 Å². The van der Waals surface area contributed by atoms with Gasteiger partial charge in [0, 0.05) is 12.7 Å². The van der Waals surface area contributed by atoms with Crippen molar-refractivity contribution in [1.82, 2.24) is 4.98 Å². The highest BCUT2D eigenvalue weighted by molar-refractivity contribution is 14.1. The highest BCUT2D eigenvalue weighted by atomic mass is 127. The first-order valence-corrected chi connectivity index (χ1v) is 9.30. The van der Waals surface area contributed by atoms with Gasteiger partial charge in [-0.3, -0.25) is 4.79 Å². The number of benzene rings is 2. The molecular weight excluding hydrogens is 530 g/mol. The summed E-state index contributed by atoms with van der Waals surface area (Å²) in [5, 5.41) is 10.4. The first-order valence-electron chi connectivity index (χ1n) is 7.15. The molecule has 0 saturated carbocycles. The monoisotopic (exact) mass is 540 g/mol. The zero-order valence-electron chi connectivity index (χ0n) is 12.2. The van der Waals surface area contributed by atoms with E-state index in [-0.39, 0.29) is 11.8 Å². The van der Waals surface area contributed by atoms with E-state index in [2.05, 4.69) is 55.2 Å². The third-order valence-corrected chi connectivity index (χ3v) is 5.33. The van der Waals surface area contributed by atoms with Gasteiger partial charge in [0.15, 0.2) is 5.88 Å². The molecule has 0 fully saturated rings. The Morgan fingerprint density at radius 3 is 1.96 bits per heavy atom. The van der Waals surface area contributed by atoms with Crippen LogP contribution in [0.5, 0.6) is 5.88 Å². The number of aliphatic imine (C=N–C) groups is 1. The van der Waals surface area contributed by atoms with Crippen LogP contribution in [0.25, 0.3) is 11.3 Å². The number of fused-ring (bicyclic) bond motifs is 1. The van der Waals surface area contributed by atoms with Crippen molar-refractivity contribution in [3.8, 4) is 17.1 Å². The van der Waals surface area contributed by atoms with Crippen molar-refractivity contribution in [1.29, 1.82) is 0 Å². The lowest BCUT2D eigenvalue weighted by Gasteiger charge is -2.01. The Morgan fingerprint density at radius 1 is 0.833 bits per heavy atom. The Morgan fingerprint density at radius 2 is 1.38 bits per heavy atom. The average Bonchev–Trinajstić information content (AvgIpc) is 3.08. The fourth-order valence-electron chi connectivity index (χ4n) is 2.79. The van der Waals surface area contributed by atoms with E-state index >= 15 is 0 Å². The van der Waals surface area contributed by atoms with Gasteiger partial charge in [-0.15, -0.1) is 0 Å². The van der Waals surface area contributed by atoms with Gasteiger partial charge in [0.1, 0.15) is 0 Å². The molecule has 0 spiro atoms. The first kappa shape index (κ1) is 15.8. The molecule has 6 heteroatoms. The number of hydrogen-bond acceptors (Lipinski definition) is 2. The molecular formula is C18H10I2N2O2. The Kier molecular flexibility index (Phi) is 3.95. The van der Waals surface area contributed by atoms with Gasteiger partial charge in [0.25, 0.3) is 5.91 Å². The normalized spacial score (nSPS) is 13.1. The Balaban J connectivity index is 1.87. The van der Waals surface area contributed by atoms with E-state index in [4.69, 9.17) is 0 Å². The van der Waals surface area contributed by atoms with E-state index in [1.807, 2.05) is 48.5 Å². The zero-order valence-corrected chi connectivity index (χ0v) is 16.5. The van der Waals surface area contributed by atoms with Crippen LogP contribution >= 0.6 is 45.2 Å². The quantitative estimate of drug-likeness (QED) is 0.468. The number of carbonyl (C=O) groups excluding carboxylic acids is 1.